The lowest BCUT2D eigenvalue weighted by atomic mass is 10.0. The molecule has 0 saturated carbocycles. The summed E-state index contributed by atoms with van der Waals surface area (Å²) in [5.74, 6) is 2.95. The third kappa shape index (κ3) is 13.4. The maximum Gasteiger partial charge on any atom is 0.330 e. The van der Waals surface area contributed by atoms with Crippen molar-refractivity contribution in [3.63, 3.8) is 0 Å². The van der Waals surface area contributed by atoms with Crippen LogP contribution in [0.2, 0.25) is 19.6 Å². The monoisotopic (exact) mass is 308 g/mol. The van der Waals surface area contributed by atoms with E-state index in [0.29, 0.717) is 13.0 Å². The van der Waals surface area contributed by atoms with Crippen molar-refractivity contribution in [2.24, 2.45) is 0 Å². The number of hydrogen-bond donors (Lipinski definition) is 0. The van der Waals surface area contributed by atoms with Gasteiger partial charge in [-0.05, 0) is 32.6 Å². The second kappa shape index (κ2) is 11.3. The van der Waals surface area contributed by atoms with Gasteiger partial charge < -0.3 is 9.53 Å². The minimum Gasteiger partial charge on any atom is -0.463 e. The largest absolute Gasteiger partial charge is 0.463 e. The van der Waals surface area contributed by atoms with E-state index in [4.69, 9.17) is 4.74 Å². The number of aldehydes is 1. The zero-order chi connectivity index (χ0) is 16.1. The molecule has 0 heterocycles. The quantitative estimate of drug-likeness (QED) is 0.162. The molecular weight excluding hydrogens is 280 g/mol. The summed E-state index contributed by atoms with van der Waals surface area (Å²) in [5, 5.41) is 0. The van der Waals surface area contributed by atoms with Crippen LogP contribution in [-0.2, 0) is 14.3 Å². The first-order chi connectivity index (χ1) is 9.89. The number of esters is 1. The summed E-state index contributed by atoms with van der Waals surface area (Å²) in [5.41, 5.74) is 4.40. The molecule has 0 aromatic rings. The summed E-state index contributed by atoms with van der Waals surface area (Å²) in [6.45, 7) is 8.84. The van der Waals surface area contributed by atoms with Crippen molar-refractivity contribution < 1.29 is 14.3 Å². The molecule has 0 N–H and O–H groups in total. The van der Waals surface area contributed by atoms with Crippen LogP contribution in [0.3, 0.4) is 0 Å². The van der Waals surface area contributed by atoms with Gasteiger partial charge in [0.05, 0.1) is 6.61 Å². The molecule has 0 radical (unpaired) electrons. The van der Waals surface area contributed by atoms with Crippen LogP contribution in [0, 0.1) is 11.5 Å². The van der Waals surface area contributed by atoms with Crippen molar-refractivity contribution in [1.29, 1.82) is 0 Å². The van der Waals surface area contributed by atoms with Gasteiger partial charge in [0.1, 0.15) is 14.4 Å². The lowest BCUT2D eigenvalue weighted by Crippen LogP contribution is -2.16. The van der Waals surface area contributed by atoms with Crippen LogP contribution in [-0.4, -0.2) is 26.9 Å². The van der Waals surface area contributed by atoms with Gasteiger partial charge >= 0.3 is 5.97 Å². The highest BCUT2D eigenvalue weighted by atomic mass is 28.3. The van der Waals surface area contributed by atoms with Crippen LogP contribution in [0.5, 0.6) is 0 Å². The number of rotatable bonds is 9. The van der Waals surface area contributed by atoms with Crippen LogP contribution in [0.1, 0.15) is 45.4 Å². The fourth-order valence-corrected chi connectivity index (χ4v) is 2.41. The Bertz CT molecular complexity index is 408. The smallest absolute Gasteiger partial charge is 0.330 e. The Morgan fingerprint density at radius 1 is 1.19 bits per heavy atom. The van der Waals surface area contributed by atoms with Crippen molar-refractivity contribution in [2.45, 2.75) is 65.1 Å². The zero-order valence-electron chi connectivity index (χ0n) is 13.8. The Labute approximate surface area is 130 Å². The summed E-state index contributed by atoms with van der Waals surface area (Å²) in [6.07, 6.45) is 7.33. The SMILES string of the molecule is CCOC(=O)/C=C(/CCC#C[Si](C)(C)C)CCCCC=O. The molecule has 0 bridgehead atoms. The Hall–Kier alpha value is -1.34. The predicted molar refractivity (Wildman–Crippen MR) is 89.6 cm³/mol. The fourth-order valence-electron chi connectivity index (χ4n) is 1.75. The highest BCUT2D eigenvalue weighted by Gasteiger charge is 2.07. The Kier molecular flexibility index (Phi) is 10.6. The second-order valence-electron chi connectivity index (χ2n) is 6.02. The molecule has 0 amide bonds. The number of carbonyl (C=O) groups excluding carboxylic acids is 2. The third-order valence-corrected chi connectivity index (χ3v) is 3.64. The predicted octanol–water partition coefficient (Wildman–Crippen LogP) is 3.90. The van der Waals surface area contributed by atoms with Crippen molar-refractivity contribution in [2.75, 3.05) is 6.61 Å². The zero-order valence-corrected chi connectivity index (χ0v) is 14.8. The normalized spacial score (nSPS) is 11.5. The van der Waals surface area contributed by atoms with Crippen molar-refractivity contribution in [3.05, 3.63) is 11.6 Å². The minimum atomic E-state index is -1.32. The molecule has 118 valence electrons. The third-order valence-electron chi connectivity index (χ3n) is 2.71. The first-order valence-electron chi connectivity index (χ1n) is 7.69. The van der Waals surface area contributed by atoms with Crippen LogP contribution in [0.15, 0.2) is 11.6 Å². The Morgan fingerprint density at radius 2 is 1.90 bits per heavy atom. The molecule has 0 saturated heterocycles. The Morgan fingerprint density at radius 3 is 2.48 bits per heavy atom. The van der Waals surface area contributed by atoms with E-state index in [9.17, 15) is 9.59 Å². The van der Waals surface area contributed by atoms with E-state index in [2.05, 4.69) is 31.1 Å². The first kappa shape index (κ1) is 19.7. The van der Waals surface area contributed by atoms with Gasteiger partial charge in [-0.25, -0.2) is 4.79 Å². The number of unbranched alkanes of at least 4 members (excludes halogenated alkanes) is 2. The van der Waals surface area contributed by atoms with Crippen molar-refractivity contribution in [1.82, 2.24) is 0 Å². The van der Waals surface area contributed by atoms with E-state index in [1.807, 2.05) is 0 Å². The average Bonchev–Trinajstić information content (AvgIpc) is 2.38. The Balaban J connectivity index is 4.45. The van der Waals surface area contributed by atoms with Crippen LogP contribution >= 0.6 is 0 Å². The molecule has 4 heteroatoms. The molecule has 0 unspecified atom stereocenters. The maximum atomic E-state index is 11.6. The van der Waals surface area contributed by atoms with Gasteiger partial charge in [0.25, 0.3) is 0 Å². The van der Waals surface area contributed by atoms with E-state index in [1.54, 1.807) is 13.0 Å². The van der Waals surface area contributed by atoms with Gasteiger partial charge in [-0.15, -0.1) is 11.5 Å². The average molecular weight is 308 g/mol. The van der Waals surface area contributed by atoms with E-state index >= 15 is 0 Å². The molecular formula is C17H28O3Si. The van der Waals surface area contributed by atoms with Gasteiger partial charge in [0, 0.05) is 18.9 Å². The van der Waals surface area contributed by atoms with Gasteiger partial charge in [-0.1, -0.05) is 25.2 Å². The molecule has 0 rings (SSSR count). The molecule has 21 heavy (non-hydrogen) atoms. The number of allylic oxidation sites excluding steroid dienone is 1. The van der Waals surface area contributed by atoms with E-state index in [1.165, 1.54) is 0 Å². The number of carbonyl (C=O) groups is 2. The summed E-state index contributed by atoms with van der Waals surface area (Å²) in [6, 6.07) is 0. The number of hydrogen-bond acceptors (Lipinski definition) is 3. The molecule has 0 aliphatic heterocycles. The molecule has 0 aliphatic carbocycles. The highest BCUT2D eigenvalue weighted by molar-refractivity contribution is 6.83. The van der Waals surface area contributed by atoms with Crippen LogP contribution < -0.4 is 0 Å². The van der Waals surface area contributed by atoms with Crippen molar-refractivity contribution >= 4 is 20.3 Å². The standard InChI is InChI=1S/C17H28O3Si/c1-5-20-17(19)15-16(11-7-6-9-13-18)12-8-10-14-21(2,3)4/h13,15H,5-9,11-12H2,1-4H3/b16-15+. The lowest BCUT2D eigenvalue weighted by Gasteiger charge is -2.06. The van der Waals surface area contributed by atoms with Crippen LogP contribution in [0.4, 0.5) is 0 Å². The molecule has 0 aromatic carbocycles. The summed E-state index contributed by atoms with van der Waals surface area (Å²) < 4.78 is 4.96. The molecule has 0 aromatic heterocycles. The molecule has 3 nitrogen and oxygen atoms in total. The van der Waals surface area contributed by atoms with E-state index < -0.39 is 8.07 Å². The first-order valence-corrected chi connectivity index (χ1v) is 11.2. The fraction of sp³-hybridized carbons (Fsp3) is 0.647. The summed E-state index contributed by atoms with van der Waals surface area (Å²) in [7, 11) is -1.32. The molecule has 0 spiro atoms. The van der Waals surface area contributed by atoms with Gasteiger partial charge in [-0.2, -0.15) is 0 Å². The van der Waals surface area contributed by atoms with Gasteiger partial charge in [-0.3, -0.25) is 0 Å². The minimum absolute atomic E-state index is 0.277. The van der Waals surface area contributed by atoms with Crippen molar-refractivity contribution in [3.8, 4) is 11.5 Å². The molecule has 0 atom stereocenters. The van der Waals surface area contributed by atoms with E-state index in [-0.39, 0.29) is 5.97 Å². The highest BCUT2D eigenvalue weighted by Crippen LogP contribution is 2.15. The maximum absolute atomic E-state index is 11.6. The lowest BCUT2D eigenvalue weighted by molar-refractivity contribution is -0.137. The molecule has 0 aliphatic rings. The summed E-state index contributed by atoms with van der Waals surface area (Å²) >= 11 is 0. The van der Waals surface area contributed by atoms with E-state index in [0.717, 1.165) is 44.0 Å². The van der Waals surface area contributed by atoms with Gasteiger partial charge in [0.2, 0.25) is 0 Å². The molecule has 0 fully saturated rings. The second-order valence-corrected chi connectivity index (χ2v) is 10.8. The topological polar surface area (TPSA) is 43.4 Å². The van der Waals surface area contributed by atoms with Crippen LogP contribution in [0.25, 0.3) is 0 Å². The summed E-state index contributed by atoms with van der Waals surface area (Å²) in [4.78, 5) is 21.9. The van der Waals surface area contributed by atoms with Gasteiger partial charge in [0.15, 0.2) is 0 Å². The number of ether oxygens (including phenoxy) is 1.